The third kappa shape index (κ3) is 7.46. The van der Waals surface area contributed by atoms with E-state index in [4.69, 9.17) is 14.6 Å². The first-order chi connectivity index (χ1) is 15.6. The van der Waals surface area contributed by atoms with Gasteiger partial charge < -0.3 is 25.2 Å². The molecule has 32 heavy (non-hydrogen) atoms. The predicted octanol–water partition coefficient (Wildman–Crippen LogP) is 2.19. The maximum atomic E-state index is 12.4. The van der Waals surface area contributed by atoms with Gasteiger partial charge in [0.2, 0.25) is 5.91 Å². The molecule has 0 atom stereocenters. The first kappa shape index (κ1) is 22.9. The third-order valence-corrected chi connectivity index (χ3v) is 4.22. The van der Waals surface area contributed by atoms with Crippen LogP contribution in [0.1, 0.15) is 15.9 Å². The minimum absolute atomic E-state index is 0.0438. The number of aliphatic hydroxyl groups is 1. The number of nitrogens with one attached hydrogen (secondary N) is 2. The van der Waals surface area contributed by atoms with Crippen LogP contribution in [0.4, 0.5) is 5.69 Å². The van der Waals surface area contributed by atoms with Gasteiger partial charge in [-0.25, -0.2) is 9.97 Å². The quantitative estimate of drug-likeness (QED) is 0.394. The molecule has 1 heterocycles. The highest BCUT2D eigenvalue weighted by Crippen LogP contribution is 2.17. The van der Waals surface area contributed by atoms with Gasteiger partial charge >= 0.3 is 6.01 Å². The van der Waals surface area contributed by atoms with Gasteiger partial charge in [-0.1, -0.05) is 30.3 Å². The van der Waals surface area contributed by atoms with E-state index in [-0.39, 0.29) is 43.0 Å². The lowest BCUT2D eigenvalue weighted by molar-refractivity contribution is -0.120. The molecule has 3 rings (SSSR count). The Balaban J connectivity index is 1.46. The smallest absolute Gasteiger partial charge is 0.321 e. The van der Waals surface area contributed by atoms with Crippen molar-refractivity contribution in [1.29, 1.82) is 0 Å². The highest BCUT2D eigenvalue weighted by Gasteiger charge is 2.09. The Kier molecular flexibility index (Phi) is 8.67. The largest absolute Gasteiger partial charge is 0.424 e. The van der Waals surface area contributed by atoms with Gasteiger partial charge in [0.05, 0.1) is 31.8 Å². The molecule has 9 heteroatoms. The normalized spacial score (nSPS) is 10.4. The molecule has 2 amide bonds. The van der Waals surface area contributed by atoms with Crippen molar-refractivity contribution in [2.75, 3.05) is 31.7 Å². The lowest BCUT2D eigenvalue weighted by Gasteiger charge is -2.08. The number of anilines is 1. The van der Waals surface area contributed by atoms with Crippen LogP contribution in [0.15, 0.2) is 67.0 Å². The average Bonchev–Trinajstić information content (AvgIpc) is 2.81. The highest BCUT2D eigenvalue weighted by atomic mass is 16.5. The van der Waals surface area contributed by atoms with E-state index in [1.807, 2.05) is 18.2 Å². The number of aromatic nitrogens is 2. The fourth-order valence-electron chi connectivity index (χ4n) is 2.67. The minimum Gasteiger partial charge on any atom is -0.424 e. The summed E-state index contributed by atoms with van der Waals surface area (Å²) >= 11 is 0. The van der Waals surface area contributed by atoms with Crippen LogP contribution in [0.5, 0.6) is 11.8 Å². The summed E-state index contributed by atoms with van der Waals surface area (Å²) < 4.78 is 10.6. The zero-order valence-electron chi connectivity index (χ0n) is 17.4. The van der Waals surface area contributed by atoms with Gasteiger partial charge in [0.25, 0.3) is 5.91 Å². The van der Waals surface area contributed by atoms with Gasteiger partial charge in [0.15, 0.2) is 0 Å². The van der Waals surface area contributed by atoms with Crippen molar-refractivity contribution >= 4 is 17.5 Å². The third-order valence-electron chi connectivity index (χ3n) is 4.22. The van der Waals surface area contributed by atoms with Gasteiger partial charge in [0.1, 0.15) is 5.75 Å². The summed E-state index contributed by atoms with van der Waals surface area (Å²) in [6.45, 7) is 0.934. The Bertz CT molecular complexity index is 995. The number of aliphatic hydroxyl groups excluding tert-OH is 1. The van der Waals surface area contributed by atoms with E-state index in [0.717, 1.165) is 5.56 Å². The Morgan fingerprint density at radius 3 is 2.34 bits per heavy atom. The molecule has 0 aliphatic heterocycles. The first-order valence-corrected chi connectivity index (χ1v) is 10.0. The summed E-state index contributed by atoms with van der Waals surface area (Å²) in [6, 6.07) is 16.2. The van der Waals surface area contributed by atoms with Crippen molar-refractivity contribution in [2.45, 2.75) is 6.42 Å². The number of hydrogen-bond donors (Lipinski definition) is 3. The standard InChI is InChI=1S/C23H24N4O5/c28-11-13-31-12-10-24-21(29)14-17-6-8-19(9-7-17)27-22(30)18-15-25-23(26-16-18)32-20-4-2-1-3-5-20/h1-9,15-16,28H,10-14H2,(H,24,29)(H,27,30). The number of nitrogens with zero attached hydrogens (tertiary/aromatic N) is 2. The number of para-hydroxylation sites is 1. The average molecular weight is 436 g/mol. The number of carbonyl (C=O) groups excluding carboxylic acids is 2. The van der Waals surface area contributed by atoms with E-state index in [0.29, 0.717) is 24.6 Å². The fraction of sp³-hybridized carbons (Fsp3) is 0.217. The van der Waals surface area contributed by atoms with Gasteiger partial charge in [0, 0.05) is 24.6 Å². The van der Waals surface area contributed by atoms with Crippen molar-refractivity contribution < 1.29 is 24.2 Å². The molecular formula is C23H24N4O5. The lowest BCUT2D eigenvalue weighted by Crippen LogP contribution is -2.28. The second-order valence-electron chi connectivity index (χ2n) is 6.68. The van der Waals surface area contributed by atoms with Crippen LogP contribution >= 0.6 is 0 Å². The van der Waals surface area contributed by atoms with E-state index in [1.165, 1.54) is 12.4 Å². The molecule has 0 aliphatic rings. The molecular weight excluding hydrogens is 412 g/mol. The minimum atomic E-state index is -0.357. The van der Waals surface area contributed by atoms with Crippen LogP contribution in [-0.2, 0) is 16.0 Å². The lowest BCUT2D eigenvalue weighted by atomic mass is 10.1. The summed E-state index contributed by atoms with van der Waals surface area (Å²) in [5, 5.41) is 14.1. The Labute approximate surface area is 185 Å². The molecule has 2 aromatic carbocycles. The van der Waals surface area contributed by atoms with E-state index in [9.17, 15) is 9.59 Å². The van der Waals surface area contributed by atoms with Crippen molar-refractivity contribution in [3.63, 3.8) is 0 Å². The van der Waals surface area contributed by atoms with Crippen LogP contribution in [-0.4, -0.2) is 53.3 Å². The molecule has 166 valence electrons. The Morgan fingerprint density at radius 1 is 0.938 bits per heavy atom. The second kappa shape index (κ2) is 12.1. The summed E-state index contributed by atoms with van der Waals surface area (Å²) in [7, 11) is 0. The highest BCUT2D eigenvalue weighted by molar-refractivity contribution is 6.03. The first-order valence-electron chi connectivity index (χ1n) is 10.0. The van der Waals surface area contributed by atoms with Gasteiger partial charge in [-0.15, -0.1) is 0 Å². The van der Waals surface area contributed by atoms with Gasteiger partial charge in [-0.3, -0.25) is 9.59 Å². The van der Waals surface area contributed by atoms with Crippen LogP contribution in [0, 0.1) is 0 Å². The molecule has 0 saturated carbocycles. The Morgan fingerprint density at radius 2 is 1.66 bits per heavy atom. The van der Waals surface area contributed by atoms with E-state index in [1.54, 1.807) is 36.4 Å². The van der Waals surface area contributed by atoms with Crippen LogP contribution in [0.2, 0.25) is 0 Å². The number of amides is 2. The van der Waals surface area contributed by atoms with E-state index in [2.05, 4.69) is 20.6 Å². The number of benzene rings is 2. The summed E-state index contributed by atoms with van der Waals surface area (Å²) in [4.78, 5) is 32.5. The maximum absolute atomic E-state index is 12.4. The van der Waals surface area contributed by atoms with Crippen molar-refractivity contribution in [3.05, 3.63) is 78.1 Å². The molecule has 9 nitrogen and oxygen atoms in total. The van der Waals surface area contributed by atoms with Crippen LogP contribution in [0.3, 0.4) is 0 Å². The number of carbonyl (C=O) groups is 2. The van der Waals surface area contributed by atoms with Crippen molar-refractivity contribution in [1.82, 2.24) is 15.3 Å². The molecule has 3 N–H and O–H groups in total. The zero-order chi connectivity index (χ0) is 22.6. The summed E-state index contributed by atoms with van der Waals surface area (Å²) in [5.41, 5.74) is 1.68. The molecule has 0 fully saturated rings. The van der Waals surface area contributed by atoms with E-state index >= 15 is 0 Å². The molecule has 0 aliphatic carbocycles. The number of hydrogen-bond acceptors (Lipinski definition) is 7. The molecule has 1 aromatic heterocycles. The van der Waals surface area contributed by atoms with Crippen molar-refractivity contribution in [3.8, 4) is 11.8 Å². The summed E-state index contributed by atoms with van der Waals surface area (Å²) in [5.74, 6) is 0.113. The molecule has 0 spiro atoms. The SMILES string of the molecule is O=C(Cc1ccc(NC(=O)c2cnc(Oc3ccccc3)nc2)cc1)NCCOCCO. The van der Waals surface area contributed by atoms with Gasteiger partial charge in [-0.2, -0.15) is 0 Å². The molecule has 0 saturated heterocycles. The van der Waals surface area contributed by atoms with Crippen LogP contribution in [0.25, 0.3) is 0 Å². The predicted molar refractivity (Wildman–Crippen MR) is 118 cm³/mol. The van der Waals surface area contributed by atoms with E-state index < -0.39 is 0 Å². The molecule has 0 unspecified atom stereocenters. The Hall–Kier alpha value is -3.82. The second-order valence-corrected chi connectivity index (χ2v) is 6.68. The molecule has 3 aromatic rings. The summed E-state index contributed by atoms with van der Waals surface area (Å²) in [6.07, 6.45) is 3.00. The topological polar surface area (TPSA) is 123 Å². The number of rotatable bonds is 11. The monoisotopic (exact) mass is 436 g/mol. The molecule has 0 bridgehead atoms. The fourth-order valence-corrected chi connectivity index (χ4v) is 2.67. The zero-order valence-corrected chi connectivity index (χ0v) is 17.4. The van der Waals surface area contributed by atoms with Gasteiger partial charge in [-0.05, 0) is 29.8 Å². The van der Waals surface area contributed by atoms with Crippen LogP contribution < -0.4 is 15.4 Å². The number of ether oxygens (including phenoxy) is 2. The van der Waals surface area contributed by atoms with Crippen molar-refractivity contribution in [2.24, 2.45) is 0 Å². The molecule has 0 radical (unpaired) electrons. The maximum Gasteiger partial charge on any atom is 0.321 e.